The minimum Gasteiger partial charge on any atom is -0.311 e. The first kappa shape index (κ1) is 33.5. The van der Waals surface area contributed by atoms with Crippen LogP contribution in [0.25, 0.3) is 67.3 Å². The molecule has 0 radical (unpaired) electrons. The molecule has 0 atom stereocenters. The number of para-hydroxylation sites is 2. The van der Waals surface area contributed by atoms with Crippen molar-refractivity contribution in [3.8, 4) is 67.3 Å². The molecule has 8 aromatic carbocycles. The van der Waals surface area contributed by atoms with Crippen molar-refractivity contribution in [2.75, 3.05) is 4.90 Å². The predicted octanol–water partition coefficient (Wildman–Crippen LogP) is 13.9. The first-order valence-corrected chi connectivity index (χ1v) is 18.6. The molecule has 0 aliphatic carbocycles. The number of hydrogen-bond donors (Lipinski definition) is 0. The largest absolute Gasteiger partial charge is 0.311 e. The quantitative estimate of drug-likeness (QED) is 0.150. The van der Waals surface area contributed by atoms with Gasteiger partial charge in [0.2, 0.25) is 0 Å². The van der Waals surface area contributed by atoms with E-state index in [-0.39, 0.29) is 0 Å². The molecule has 1 heterocycles. The zero-order valence-corrected chi connectivity index (χ0v) is 30.2. The zero-order chi connectivity index (χ0) is 36.8. The Hall–Kier alpha value is -7.36. The van der Waals surface area contributed by atoms with Gasteiger partial charge in [-0.15, -0.1) is 0 Å². The molecule has 0 unspecified atom stereocenters. The molecule has 0 aliphatic heterocycles. The molecule has 0 fully saturated rings. The van der Waals surface area contributed by atoms with Crippen molar-refractivity contribution in [3.63, 3.8) is 0 Å². The first-order valence-electron chi connectivity index (χ1n) is 18.6. The van der Waals surface area contributed by atoms with Gasteiger partial charge in [-0.3, -0.25) is 0 Å². The Bertz CT molecular complexity index is 2480. The third kappa shape index (κ3) is 7.33. The van der Waals surface area contributed by atoms with E-state index in [1.807, 2.05) is 12.1 Å². The standard InChI is InChI=1S/C52H37N3/c1-5-13-38(14-6-1)40-21-27-44(28-22-40)50-37-51(54-52(53-50)46-31-25-41(26-32-46)39-15-7-2-8-16-39)45-29-23-42(24-30-45)43-33-35-49(36-34-43)55(47-17-9-3-10-18-47)48-19-11-4-12-20-48/h1-37H. The number of benzene rings is 8. The molecular weight excluding hydrogens is 667 g/mol. The summed E-state index contributed by atoms with van der Waals surface area (Å²) >= 11 is 0. The minimum absolute atomic E-state index is 0.695. The van der Waals surface area contributed by atoms with Crippen LogP contribution in [0.5, 0.6) is 0 Å². The summed E-state index contributed by atoms with van der Waals surface area (Å²) in [4.78, 5) is 12.5. The topological polar surface area (TPSA) is 29.0 Å². The van der Waals surface area contributed by atoms with Gasteiger partial charge in [-0.2, -0.15) is 0 Å². The van der Waals surface area contributed by atoms with Crippen LogP contribution in [0, 0.1) is 0 Å². The lowest BCUT2D eigenvalue weighted by atomic mass is 10.00. The summed E-state index contributed by atoms with van der Waals surface area (Å²) in [5, 5.41) is 0. The van der Waals surface area contributed by atoms with Crippen molar-refractivity contribution in [1.29, 1.82) is 0 Å². The summed E-state index contributed by atoms with van der Waals surface area (Å²) in [7, 11) is 0. The summed E-state index contributed by atoms with van der Waals surface area (Å²) in [5.74, 6) is 0.695. The van der Waals surface area contributed by atoms with Gasteiger partial charge in [-0.1, -0.05) is 182 Å². The number of anilines is 3. The summed E-state index contributed by atoms with van der Waals surface area (Å²) in [6, 6.07) is 78.6. The molecular formula is C52H37N3. The lowest BCUT2D eigenvalue weighted by molar-refractivity contribution is 1.18. The summed E-state index contributed by atoms with van der Waals surface area (Å²) in [6.45, 7) is 0. The van der Waals surface area contributed by atoms with Crippen LogP contribution in [-0.4, -0.2) is 9.97 Å². The maximum absolute atomic E-state index is 5.14. The Morgan fingerprint density at radius 2 is 0.509 bits per heavy atom. The number of nitrogens with zero attached hydrogens (tertiary/aromatic N) is 3. The highest BCUT2D eigenvalue weighted by Crippen LogP contribution is 2.36. The second-order valence-corrected chi connectivity index (χ2v) is 13.5. The van der Waals surface area contributed by atoms with Gasteiger partial charge in [0.05, 0.1) is 11.4 Å². The van der Waals surface area contributed by atoms with E-state index in [9.17, 15) is 0 Å². The summed E-state index contributed by atoms with van der Waals surface area (Å²) in [5.41, 5.74) is 15.2. The average Bonchev–Trinajstić information content (AvgIpc) is 3.28. The highest BCUT2D eigenvalue weighted by atomic mass is 15.1. The number of hydrogen-bond acceptors (Lipinski definition) is 3. The zero-order valence-electron chi connectivity index (χ0n) is 30.2. The second kappa shape index (κ2) is 15.3. The van der Waals surface area contributed by atoms with E-state index in [1.165, 1.54) is 16.7 Å². The van der Waals surface area contributed by atoms with Crippen molar-refractivity contribution < 1.29 is 0 Å². The van der Waals surface area contributed by atoms with Crippen LogP contribution in [-0.2, 0) is 0 Å². The van der Waals surface area contributed by atoms with Crippen molar-refractivity contribution >= 4 is 17.1 Å². The van der Waals surface area contributed by atoms with Crippen molar-refractivity contribution in [1.82, 2.24) is 9.97 Å². The molecule has 9 aromatic rings. The van der Waals surface area contributed by atoms with Crippen LogP contribution in [0.2, 0.25) is 0 Å². The maximum atomic E-state index is 5.14. The van der Waals surface area contributed by atoms with Crippen molar-refractivity contribution in [2.24, 2.45) is 0 Å². The average molecular weight is 704 g/mol. The molecule has 0 aliphatic rings. The van der Waals surface area contributed by atoms with E-state index in [4.69, 9.17) is 9.97 Å². The van der Waals surface area contributed by atoms with Gasteiger partial charge in [0.15, 0.2) is 5.82 Å². The van der Waals surface area contributed by atoms with E-state index < -0.39 is 0 Å². The molecule has 260 valence electrons. The number of aromatic nitrogens is 2. The van der Waals surface area contributed by atoms with Crippen molar-refractivity contribution in [3.05, 3.63) is 224 Å². The predicted molar refractivity (Wildman–Crippen MR) is 229 cm³/mol. The van der Waals surface area contributed by atoms with Crippen LogP contribution < -0.4 is 4.90 Å². The Kier molecular flexibility index (Phi) is 9.32. The fourth-order valence-corrected chi connectivity index (χ4v) is 7.02. The lowest BCUT2D eigenvalue weighted by Crippen LogP contribution is -2.09. The SMILES string of the molecule is c1ccc(-c2ccc(-c3cc(-c4ccc(-c5ccc(N(c6ccccc6)c6ccccc6)cc5)cc4)nc(-c4ccc(-c5ccccc5)cc4)n3)cc2)cc1. The van der Waals surface area contributed by atoms with E-state index in [0.29, 0.717) is 5.82 Å². The monoisotopic (exact) mass is 703 g/mol. The van der Waals surface area contributed by atoms with Crippen LogP contribution in [0.1, 0.15) is 0 Å². The molecule has 9 rings (SSSR count). The third-order valence-corrected chi connectivity index (χ3v) is 9.93. The van der Waals surface area contributed by atoms with Crippen LogP contribution in [0.3, 0.4) is 0 Å². The molecule has 0 amide bonds. The molecule has 0 saturated carbocycles. The Morgan fingerprint density at radius 3 is 0.891 bits per heavy atom. The molecule has 0 saturated heterocycles. The fraction of sp³-hybridized carbons (Fsp3) is 0. The Labute approximate surface area is 322 Å². The molecule has 3 nitrogen and oxygen atoms in total. The van der Waals surface area contributed by atoms with E-state index in [1.54, 1.807) is 0 Å². The maximum Gasteiger partial charge on any atom is 0.160 e. The molecule has 1 aromatic heterocycles. The molecule has 0 N–H and O–H groups in total. The Morgan fingerprint density at radius 1 is 0.236 bits per heavy atom. The van der Waals surface area contributed by atoms with E-state index >= 15 is 0 Å². The normalized spacial score (nSPS) is 10.9. The van der Waals surface area contributed by atoms with Gasteiger partial charge in [0.25, 0.3) is 0 Å². The molecule has 3 heteroatoms. The van der Waals surface area contributed by atoms with E-state index in [2.05, 4.69) is 217 Å². The molecule has 0 spiro atoms. The number of rotatable bonds is 9. The van der Waals surface area contributed by atoms with Gasteiger partial charge in [0.1, 0.15) is 0 Å². The summed E-state index contributed by atoms with van der Waals surface area (Å²) < 4.78 is 0. The third-order valence-electron chi connectivity index (χ3n) is 9.93. The van der Waals surface area contributed by atoms with Crippen LogP contribution in [0.4, 0.5) is 17.1 Å². The Balaban J connectivity index is 1.04. The van der Waals surface area contributed by atoms with Crippen LogP contribution >= 0.6 is 0 Å². The minimum atomic E-state index is 0.695. The van der Waals surface area contributed by atoms with Crippen molar-refractivity contribution in [2.45, 2.75) is 0 Å². The molecule has 0 bridgehead atoms. The smallest absolute Gasteiger partial charge is 0.160 e. The van der Waals surface area contributed by atoms with Crippen LogP contribution in [0.15, 0.2) is 224 Å². The molecule has 55 heavy (non-hydrogen) atoms. The summed E-state index contributed by atoms with van der Waals surface area (Å²) in [6.07, 6.45) is 0. The lowest BCUT2D eigenvalue weighted by Gasteiger charge is -2.25. The van der Waals surface area contributed by atoms with Gasteiger partial charge in [-0.25, -0.2) is 9.97 Å². The van der Waals surface area contributed by atoms with Gasteiger partial charge < -0.3 is 4.90 Å². The fourth-order valence-electron chi connectivity index (χ4n) is 7.02. The van der Waals surface area contributed by atoms with Gasteiger partial charge in [-0.05, 0) is 75.8 Å². The van der Waals surface area contributed by atoms with Gasteiger partial charge in [0, 0.05) is 33.8 Å². The second-order valence-electron chi connectivity index (χ2n) is 13.5. The van der Waals surface area contributed by atoms with Gasteiger partial charge >= 0.3 is 0 Å². The van der Waals surface area contributed by atoms with E-state index in [0.717, 1.165) is 61.8 Å². The first-order chi connectivity index (χ1) is 27.2. The highest BCUT2D eigenvalue weighted by molar-refractivity contribution is 5.80. The highest BCUT2D eigenvalue weighted by Gasteiger charge is 2.14.